The Labute approximate surface area is 116 Å². The van der Waals surface area contributed by atoms with Crippen LogP contribution in [-0.4, -0.2) is 11.0 Å². The van der Waals surface area contributed by atoms with Gasteiger partial charge in [0.25, 0.3) is 0 Å². The molecule has 1 heterocycles. The first kappa shape index (κ1) is 13.4. The van der Waals surface area contributed by atoms with Crippen LogP contribution in [-0.2, 0) is 0 Å². The summed E-state index contributed by atoms with van der Waals surface area (Å²) in [6.45, 7) is 1.87. The van der Waals surface area contributed by atoms with Gasteiger partial charge in [0.2, 0.25) is 0 Å². The molecule has 0 aliphatic rings. The van der Waals surface area contributed by atoms with Gasteiger partial charge in [-0.15, -0.1) is 0 Å². The number of hydrogen-bond donors (Lipinski definition) is 2. The van der Waals surface area contributed by atoms with Crippen LogP contribution in [0.2, 0.25) is 5.02 Å². The van der Waals surface area contributed by atoms with Crippen molar-refractivity contribution in [3.8, 4) is 0 Å². The molecule has 1 aromatic heterocycles. The quantitative estimate of drug-likeness (QED) is 0.899. The zero-order valence-corrected chi connectivity index (χ0v) is 11.2. The lowest BCUT2D eigenvalue weighted by Crippen LogP contribution is -2.31. The third-order valence-electron chi connectivity index (χ3n) is 2.56. The first-order valence-corrected chi connectivity index (χ1v) is 6.27. The van der Waals surface area contributed by atoms with Gasteiger partial charge in [-0.2, -0.15) is 0 Å². The minimum atomic E-state index is -0.291. The molecule has 1 aromatic carbocycles. The van der Waals surface area contributed by atoms with Crippen molar-refractivity contribution in [3.63, 3.8) is 0 Å². The SMILES string of the molecule is C[C@H](NC(=O)Nc1cccc(Cl)c1)c1ccccn1. The van der Waals surface area contributed by atoms with Crippen LogP contribution in [0.15, 0.2) is 48.7 Å². The molecule has 98 valence electrons. The van der Waals surface area contributed by atoms with Crippen molar-refractivity contribution in [1.82, 2.24) is 10.3 Å². The molecule has 2 rings (SSSR count). The Morgan fingerprint density at radius 2 is 2.11 bits per heavy atom. The Bertz CT molecular complexity index is 560. The number of carbonyl (C=O) groups is 1. The molecule has 5 heteroatoms. The number of halogens is 1. The zero-order chi connectivity index (χ0) is 13.7. The number of aromatic nitrogens is 1. The maximum Gasteiger partial charge on any atom is 0.319 e. The van der Waals surface area contributed by atoms with Crippen LogP contribution in [0.4, 0.5) is 10.5 Å². The van der Waals surface area contributed by atoms with Crippen molar-refractivity contribution in [2.75, 3.05) is 5.32 Å². The van der Waals surface area contributed by atoms with E-state index < -0.39 is 0 Å². The van der Waals surface area contributed by atoms with Gasteiger partial charge in [0.15, 0.2) is 0 Å². The lowest BCUT2D eigenvalue weighted by atomic mass is 10.2. The normalized spacial score (nSPS) is 11.7. The summed E-state index contributed by atoms with van der Waals surface area (Å²) in [7, 11) is 0. The Hall–Kier alpha value is -2.07. The van der Waals surface area contributed by atoms with Gasteiger partial charge in [0, 0.05) is 16.9 Å². The fourth-order valence-corrected chi connectivity index (χ4v) is 1.83. The molecule has 19 heavy (non-hydrogen) atoms. The van der Waals surface area contributed by atoms with Crippen LogP contribution < -0.4 is 10.6 Å². The summed E-state index contributed by atoms with van der Waals surface area (Å²) in [6.07, 6.45) is 1.70. The molecule has 0 aliphatic heterocycles. The Kier molecular flexibility index (Phi) is 4.36. The van der Waals surface area contributed by atoms with E-state index in [1.807, 2.05) is 25.1 Å². The second-order valence-electron chi connectivity index (χ2n) is 4.09. The second kappa shape index (κ2) is 6.20. The van der Waals surface area contributed by atoms with E-state index in [0.29, 0.717) is 10.7 Å². The Balaban J connectivity index is 1.95. The maximum absolute atomic E-state index is 11.8. The molecule has 0 saturated heterocycles. The highest BCUT2D eigenvalue weighted by Gasteiger charge is 2.10. The molecule has 4 nitrogen and oxygen atoms in total. The van der Waals surface area contributed by atoms with Crippen molar-refractivity contribution in [2.45, 2.75) is 13.0 Å². The van der Waals surface area contributed by atoms with Gasteiger partial charge in [0.1, 0.15) is 0 Å². The molecule has 0 fully saturated rings. The molecular formula is C14H14ClN3O. The third kappa shape index (κ3) is 3.96. The first-order chi connectivity index (χ1) is 9.15. The Morgan fingerprint density at radius 1 is 1.26 bits per heavy atom. The highest BCUT2D eigenvalue weighted by molar-refractivity contribution is 6.30. The number of urea groups is 1. The largest absolute Gasteiger partial charge is 0.330 e. The van der Waals surface area contributed by atoms with E-state index in [4.69, 9.17) is 11.6 Å². The van der Waals surface area contributed by atoms with Crippen LogP contribution in [0.1, 0.15) is 18.7 Å². The van der Waals surface area contributed by atoms with Gasteiger partial charge < -0.3 is 10.6 Å². The molecule has 0 radical (unpaired) electrons. The summed E-state index contributed by atoms with van der Waals surface area (Å²) in [4.78, 5) is 16.0. The lowest BCUT2D eigenvalue weighted by molar-refractivity contribution is 0.249. The zero-order valence-electron chi connectivity index (χ0n) is 10.4. The monoisotopic (exact) mass is 275 g/mol. The fraction of sp³-hybridized carbons (Fsp3) is 0.143. The smallest absolute Gasteiger partial charge is 0.319 e. The van der Waals surface area contributed by atoms with Gasteiger partial charge in [-0.05, 0) is 37.3 Å². The Morgan fingerprint density at radius 3 is 2.79 bits per heavy atom. The van der Waals surface area contributed by atoms with Crippen molar-refractivity contribution in [3.05, 3.63) is 59.4 Å². The average Bonchev–Trinajstić information content (AvgIpc) is 2.39. The summed E-state index contributed by atoms with van der Waals surface area (Å²) in [6, 6.07) is 12.1. The van der Waals surface area contributed by atoms with E-state index in [0.717, 1.165) is 5.69 Å². The summed E-state index contributed by atoms with van der Waals surface area (Å²) in [5.41, 5.74) is 1.46. The first-order valence-electron chi connectivity index (χ1n) is 5.89. The van der Waals surface area contributed by atoms with Crippen LogP contribution in [0.25, 0.3) is 0 Å². The van der Waals surface area contributed by atoms with E-state index in [-0.39, 0.29) is 12.1 Å². The van der Waals surface area contributed by atoms with Crippen LogP contribution >= 0.6 is 11.6 Å². The van der Waals surface area contributed by atoms with Crippen molar-refractivity contribution < 1.29 is 4.79 Å². The maximum atomic E-state index is 11.8. The third-order valence-corrected chi connectivity index (χ3v) is 2.80. The second-order valence-corrected chi connectivity index (χ2v) is 4.52. The number of hydrogen-bond acceptors (Lipinski definition) is 2. The molecule has 0 aliphatic carbocycles. The van der Waals surface area contributed by atoms with E-state index in [1.165, 1.54) is 0 Å². The van der Waals surface area contributed by atoms with Crippen molar-refractivity contribution in [2.24, 2.45) is 0 Å². The molecule has 2 aromatic rings. The van der Waals surface area contributed by atoms with Crippen molar-refractivity contribution >= 4 is 23.3 Å². The predicted octanol–water partition coefficient (Wildman–Crippen LogP) is 3.62. The molecule has 0 spiro atoms. The number of rotatable bonds is 3. The summed E-state index contributed by atoms with van der Waals surface area (Å²) >= 11 is 5.85. The van der Waals surface area contributed by atoms with Crippen LogP contribution in [0.5, 0.6) is 0 Å². The van der Waals surface area contributed by atoms with E-state index in [9.17, 15) is 4.79 Å². The number of nitrogens with zero attached hydrogens (tertiary/aromatic N) is 1. The highest BCUT2D eigenvalue weighted by Crippen LogP contribution is 2.15. The predicted molar refractivity (Wildman–Crippen MR) is 76.3 cm³/mol. The minimum absolute atomic E-state index is 0.166. The number of pyridine rings is 1. The van der Waals surface area contributed by atoms with Gasteiger partial charge >= 0.3 is 6.03 Å². The van der Waals surface area contributed by atoms with Gasteiger partial charge in [-0.25, -0.2) is 4.79 Å². The number of benzene rings is 1. The minimum Gasteiger partial charge on any atom is -0.330 e. The van der Waals surface area contributed by atoms with E-state index in [2.05, 4.69) is 15.6 Å². The lowest BCUT2D eigenvalue weighted by Gasteiger charge is -2.14. The summed E-state index contributed by atoms with van der Waals surface area (Å²) in [5.74, 6) is 0. The number of carbonyl (C=O) groups excluding carboxylic acids is 1. The summed E-state index contributed by atoms with van der Waals surface area (Å²) < 4.78 is 0. The molecular weight excluding hydrogens is 262 g/mol. The molecule has 2 N–H and O–H groups in total. The number of nitrogens with one attached hydrogen (secondary N) is 2. The molecule has 0 bridgehead atoms. The molecule has 0 saturated carbocycles. The van der Waals surface area contributed by atoms with Crippen LogP contribution in [0, 0.1) is 0 Å². The van der Waals surface area contributed by atoms with E-state index >= 15 is 0 Å². The van der Waals surface area contributed by atoms with Crippen LogP contribution in [0.3, 0.4) is 0 Å². The molecule has 0 unspecified atom stereocenters. The van der Waals surface area contributed by atoms with E-state index in [1.54, 1.807) is 30.5 Å². The summed E-state index contributed by atoms with van der Waals surface area (Å²) in [5, 5.41) is 6.11. The van der Waals surface area contributed by atoms with Gasteiger partial charge in [-0.3, -0.25) is 4.98 Å². The standard InChI is InChI=1S/C14H14ClN3O/c1-10(13-7-2-3-8-16-13)17-14(19)18-12-6-4-5-11(15)9-12/h2-10H,1H3,(H2,17,18,19)/t10-/m0/s1. The fourth-order valence-electron chi connectivity index (χ4n) is 1.64. The molecule has 1 atom stereocenters. The number of anilines is 1. The number of amides is 2. The van der Waals surface area contributed by atoms with Gasteiger partial charge in [0.05, 0.1) is 11.7 Å². The highest BCUT2D eigenvalue weighted by atomic mass is 35.5. The average molecular weight is 276 g/mol. The van der Waals surface area contributed by atoms with Gasteiger partial charge in [-0.1, -0.05) is 23.7 Å². The molecule has 2 amide bonds. The topological polar surface area (TPSA) is 54.0 Å². The van der Waals surface area contributed by atoms with Crippen molar-refractivity contribution in [1.29, 1.82) is 0 Å².